The van der Waals surface area contributed by atoms with Gasteiger partial charge in [0.2, 0.25) is 0 Å². The molecule has 1 heteroatoms. The Kier molecular flexibility index (Phi) is 1.57. The second kappa shape index (κ2) is 3.13. The molecule has 0 fully saturated rings. The summed E-state index contributed by atoms with van der Waals surface area (Å²) in [6, 6.07) is 14.9. The average molecular weight is 196 g/mol. The minimum Gasteiger partial charge on any atom is -0.341 e. The first-order chi connectivity index (χ1) is 7.83. The summed E-state index contributed by atoms with van der Waals surface area (Å²) in [6.07, 6.45) is 0. The number of nitrogens with zero attached hydrogens (tertiary/aromatic N) is 1. The van der Waals surface area contributed by atoms with Crippen LogP contribution in [0.1, 0.15) is 8.29 Å². The third-order valence-corrected chi connectivity index (χ3v) is 2.91. The standard InChI is InChI=1S/C14H13N/c1-2-15-13-9-5-3-7-11(13)12-8-4-6-10-14(12)15/h3-10H,2H2,1H3/i9D. The molecule has 1 heterocycles. The Morgan fingerprint density at radius 2 is 1.67 bits per heavy atom. The molecule has 0 saturated heterocycles. The molecule has 3 rings (SSSR count). The largest absolute Gasteiger partial charge is 0.341 e. The molecule has 0 aliphatic carbocycles. The van der Waals surface area contributed by atoms with E-state index in [0.29, 0.717) is 6.04 Å². The number of hydrogen-bond acceptors (Lipinski definition) is 0. The smallest absolute Gasteiger partial charge is 0.0645 e. The van der Waals surface area contributed by atoms with E-state index in [1.165, 1.54) is 16.3 Å². The van der Waals surface area contributed by atoms with E-state index in [0.717, 1.165) is 12.1 Å². The van der Waals surface area contributed by atoms with Crippen molar-refractivity contribution in [3.63, 3.8) is 0 Å². The van der Waals surface area contributed by atoms with E-state index in [1.54, 1.807) is 0 Å². The van der Waals surface area contributed by atoms with Crippen molar-refractivity contribution < 1.29 is 1.37 Å². The summed E-state index contributed by atoms with van der Waals surface area (Å²) in [4.78, 5) is 0. The Morgan fingerprint density at radius 3 is 2.47 bits per heavy atom. The van der Waals surface area contributed by atoms with Gasteiger partial charge >= 0.3 is 0 Å². The second-order valence-corrected chi connectivity index (χ2v) is 3.69. The van der Waals surface area contributed by atoms with E-state index in [2.05, 4.69) is 41.8 Å². The van der Waals surface area contributed by atoms with E-state index < -0.39 is 0 Å². The van der Waals surface area contributed by atoms with E-state index in [4.69, 9.17) is 1.37 Å². The maximum Gasteiger partial charge on any atom is 0.0645 e. The van der Waals surface area contributed by atoms with Crippen LogP contribution in [0.25, 0.3) is 21.8 Å². The Hall–Kier alpha value is -1.76. The highest BCUT2D eigenvalue weighted by Gasteiger charge is 2.06. The molecule has 0 aliphatic heterocycles. The SMILES string of the molecule is [2H]c1cccc2c3ccccc3n(CC)c12. The summed E-state index contributed by atoms with van der Waals surface area (Å²) < 4.78 is 10.2. The molecule has 1 nitrogen and oxygen atoms in total. The first kappa shape index (κ1) is 7.52. The fraction of sp³-hybridized carbons (Fsp3) is 0.143. The van der Waals surface area contributed by atoms with Gasteiger partial charge in [0.05, 0.1) is 1.37 Å². The lowest BCUT2D eigenvalue weighted by atomic mass is 10.2. The van der Waals surface area contributed by atoms with Crippen molar-refractivity contribution in [3.8, 4) is 0 Å². The van der Waals surface area contributed by atoms with Crippen molar-refractivity contribution >= 4 is 21.8 Å². The van der Waals surface area contributed by atoms with Crippen molar-refractivity contribution in [2.45, 2.75) is 13.5 Å². The first-order valence-electron chi connectivity index (χ1n) is 5.79. The number of benzene rings is 2. The summed E-state index contributed by atoms with van der Waals surface area (Å²) in [5, 5.41) is 2.43. The molecule has 0 radical (unpaired) electrons. The predicted molar refractivity (Wildman–Crippen MR) is 65.1 cm³/mol. The summed E-state index contributed by atoms with van der Waals surface area (Å²) in [5.41, 5.74) is 2.27. The van der Waals surface area contributed by atoms with E-state index in [1.807, 2.05) is 12.1 Å². The van der Waals surface area contributed by atoms with Crippen LogP contribution in [0.4, 0.5) is 0 Å². The minimum atomic E-state index is 0.607. The quantitative estimate of drug-likeness (QED) is 0.557. The summed E-state index contributed by atoms with van der Waals surface area (Å²) in [7, 11) is 0. The average Bonchev–Trinajstić information content (AvgIpc) is 2.65. The Labute approximate surface area is 90.3 Å². The van der Waals surface area contributed by atoms with Gasteiger partial charge in [0.15, 0.2) is 0 Å². The molecule has 0 amide bonds. The molecule has 74 valence electrons. The highest BCUT2D eigenvalue weighted by atomic mass is 15.0. The van der Waals surface area contributed by atoms with Crippen LogP contribution in [0.5, 0.6) is 0 Å². The molecule has 2 aromatic carbocycles. The number of aromatic nitrogens is 1. The van der Waals surface area contributed by atoms with Gasteiger partial charge < -0.3 is 4.57 Å². The number of aryl methyl sites for hydroxylation is 1. The van der Waals surface area contributed by atoms with Crippen LogP contribution in [0.3, 0.4) is 0 Å². The van der Waals surface area contributed by atoms with Crippen LogP contribution >= 0.6 is 0 Å². The van der Waals surface area contributed by atoms with Gasteiger partial charge in [-0.2, -0.15) is 0 Å². The van der Waals surface area contributed by atoms with Gasteiger partial charge in [0.1, 0.15) is 0 Å². The van der Waals surface area contributed by atoms with Crippen molar-refractivity contribution in [1.82, 2.24) is 4.57 Å². The number of fused-ring (bicyclic) bond motifs is 3. The van der Waals surface area contributed by atoms with Gasteiger partial charge in [-0.1, -0.05) is 36.4 Å². The molecule has 0 atom stereocenters. The van der Waals surface area contributed by atoms with Gasteiger partial charge in [0.25, 0.3) is 0 Å². The molecule has 0 spiro atoms. The zero-order valence-electron chi connectivity index (χ0n) is 9.70. The monoisotopic (exact) mass is 196 g/mol. The zero-order valence-corrected chi connectivity index (χ0v) is 8.70. The third kappa shape index (κ3) is 1.09. The maximum absolute atomic E-state index is 8.02. The summed E-state index contributed by atoms with van der Waals surface area (Å²) in [6.45, 7) is 3.03. The lowest BCUT2D eigenvalue weighted by Gasteiger charge is -2.01. The fourth-order valence-electron chi connectivity index (χ4n) is 2.25. The van der Waals surface area contributed by atoms with Crippen LogP contribution in [0.15, 0.2) is 48.5 Å². The predicted octanol–water partition coefficient (Wildman–Crippen LogP) is 3.81. The topological polar surface area (TPSA) is 4.93 Å². The van der Waals surface area contributed by atoms with Crippen LogP contribution in [0, 0.1) is 0 Å². The highest BCUT2D eigenvalue weighted by molar-refractivity contribution is 6.07. The van der Waals surface area contributed by atoms with Crippen LogP contribution in [0.2, 0.25) is 0 Å². The van der Waals surface area contributed by atoms with Crippen LogP contribution in [-0.2, 0) is 6.54 Å². The normalized spacial score (nSPS) is 12.2. The molecule has 0 bridgehead atoms. The van der Waals surface area contributed by atoms with Gasteiger partial charge in [-0.15, -0.1) is 0 Å². The van der Waals surface area contributed by atoms with Crippen LogP contribution in [-0.4, -0.2) is 4.57 Å². The summed E-state index contributed by atoms with van der Waals surface area (Å²) >= 11 is 0. The van der Waals surface area contributed by atoms with Gasteiger partial charge in [0, 0.05) is 28.4 Å². The van der Waals surface area contributed by atoms with Gasteiger partial charge in [-0.25, -0.2) is 0 Å². The highest BCUT2D eigenvalue weighted by Crippen LogP contribution is 2.28. The van der Waals surface area contributed by atoms with E-state index >= 15 is 0 Å². The number of rotatable bonds is 1. The van der Waals surface area contributed by atoms with Crippen molar-refractivity contribution in [3.05, 3.63) is 48.5 Å². The zero-order chi connectivity index (χ0) is 11.1. The Morgan fingerprint density at radius 1 is 1.00 bits per heavy atom. The molecule has 0 N–H and O–H groups in total. The molecule has 0 aliphatic rings. The first-order valence-corrected chi connectivity index (χ1v) is 5.29. The number of hydrogen-bond donors (Lipinski definition) is 0. The third-order valence-electron chi connectivity index (χ3n) is 2.91. The number of para-hydroxylation sites is 2. The molecule has 15 heavy (non-hydrogen) atoms. The molecule has 0 saturated carbocycles. The molecule has 1 aromatic heterocycles. The van der Waals surface area contributed by atoms with Crippen molar-refractivity contribution in [2.75, 3.05) is 0 Å². The second-order valence-electron chi connectivity index (χ2n) is 3.69. The van der Waals surface area contributed by atoms with E-state index in [-0.39, 0.29) is 0 Å². The Bertz CT molecular complexity index is 667. The molecular weight excluding hydrogens is 182 g/mol. The van der Waals surface area contributed by atoms with Crippen molar-refractivity contribution in [2.24, 2.45) is 0 Å². The minimum absolute atomic E-state index is 0.607. The van der Waals surface area contributed by atoms with Crippen LogP contribution < -0.4 is 0 Å². The van der Waals surface area contributed by atoms with Gasteiger partial charge in [-0.3, -0.25) is 0 Å². The molecular formula is C14H13N. The Balaban J connectivity index is 2.64. The lowest BCUT2D eigenvalue weighted by molar-refractivity contribution is 0.827. The lowest BCUT2D eigenvalue weighted by Crippen LogP contribution is -1.91. The fourth-order valence-corrected chi connectivity index (χ4v) is 2.25. The summed E-state index contributed by atoms with van der Waals surface area (Å²) in [5.74, 6) is 0. The molecule has 0 unspecified atom stereocenters. The van der Waals surface area contributed by atoms with Gasteiger partial charge in [-0.05, 0) is 19.0 Å². The van der Waals surface area contributed by atoms with E-state index in [9.17, 15) is 0 Å². The maximum atomic E-state index is 8.02. The molecule has 3 aromatic rings. The van der Waals surface area contributed by atoms with Crippen molar-refractivity contribution in [1.29, 1.82) is 0 Å².